The second-order valence-corrected chi connectivity index (χ2v) is 12.7. The van der Waals surface area contributed by atoms with Crippen LogP contribution < -0.4 is 5.32 Å². The van der Waals surface area contributed by atoms with Gasteiger partial charge in [0.05, 0.1) is 16.5 Å². The molecular weight excluding hydrogens is 458 g/mol. The quantitative estimate of drug-likeness (QED) is 0.556. The Morgan fingerprint density at radius 1 is 1.26 bits per heavy atom. The maximum absolute atomic E-state index is 13.5. The van der Waals surface area contributed by atoms with E-state index in [9.17, 15) is 14.1 Å². The molecule has 2 aliphatic rings. The van der Waals surface area contributed by atoms with Gasteiger partial charge in [-0.1, -0.05) is 43.2 Å². The van der Waals surface area contributed by atoms with Gasteiger partial charge in [0.1, 0.15) is 16.7 Å². The number of amides is 1. The molecule has 1 aliphatic heterocycles. The fourth-order valence-corrected chi connectivity index (χ4v) is 6.52. The third kappa shape index (κ3) is 5.57. The minimum Gasteiger partial charge on any atom is -0.396 e. The van der Waals surface area contributed by atoms with Crippen LogP contribution in [0.4, 0.5) is 0 Å². The highest BCUT2D eigenvalue weighted by Crippen LogP contribution is 2.44. The Morgan fingerprint density at radius 3 is 2.66 bits per heavy atom. The fraction of sp³-hybridized carbons (Fsp3) is 0.500. The summed E-state index contributed by atoms with van der Waals surface area (Å²) >= 11 is 0. The van der Waals surface area contributed by atoms with Crippen molar-refractivity contribution in [2.75, 3.05) is 6.61 Å². The van der Waals surface area contributed by atoms with Crippen LogP contribution in [0.2, 0.25) is 0 Å². The number of hydrogen-bond donors (Lipinski definition) is 2. The van der Waals surface area contributed by atoms with E-state index in [1.165, 1.54) is 0 Å². The number of aliphatic hydroxyl groups is 1. The summed E-state index contributed by atoms with van der Waals surface area (Å²) in [4.78, 5) is 18.1. The van der Waals surface area contributed by atoms with Crippen molar-refractivity contribution < 1.29 is 14.1 Å². The van der Waals surface area contributed by atoms with E-state index in [2.05, 4.69) is 11.4 Å². The molecule has 6 nitrogen and oxygen atoms in total. The van der Waals surface area contributed by atoms with Crippen LogP contribution in [0.15, 0.2) is 36.4 Å². The summed E-state index contributed by atoms with van der Waals surface area (Å²) < 4.78 is 15.0. The monoisotopic (exact) mass is 495 g/mol. The molecule has 2 aromatic rings. The molecule has 0 spiro atoms. The van der Waals surface area contributed by atoms with Crippen LogP contribution in [-0.4, -0.2) is 41.9 Å². The normalized spacial score (nSPS) is 19.9. The molecule has 4 rings (SSSR count). The maximum Gasteiger partial charge on any atom is 0.270 e. The summed E-state index contributed by atoms with van der Waals surface area (Å²) in [5.41, 5.74) is 5.02. The van der Waals surface area contributed by atoms with E-state index in [0.717, 1.165) is 53.6 Å². The molecule has 7 heteroatoms. The number of nitrogens with zero attached hydrogens (tertiary/aromatic N) is 2. The molecule has 1 aromatic heterocycles. The number of carbonyl (C=O) groups excluding carboxylic acids is 1. The van der Waals surface area contributed by atoms with E-state index in [1.807, 2.05) is 68.4 Å². The van der Waals surface area contributed by atoms with Crippen LogP contribution in [0.5, 0.6) is 0 Å². The molecule has 2 N–H and O–H groups in total. The van der Waals surface area contributed by atoms with Gasteiger partial charge in [-0.05, 0) is 70.2 Å². The molecule has 0 bridgehead atoms. The molecule has 2 heterocycles. The molecule has 188 valence electrons. The van der Waals surface area contributed by atoms with E-state index in [4.69, 9.17) is 4.98 Å². The zero-order chi connectivity index (χ0) is 25.2. The molecule has 0 saturated heterocycles. The van der Waals surface area contributed by atoms with Crippen molar-refractivity contribution >= 4 is 23.0 Å². The Labute approximate surface area is 211 Å². The summed E-state index contributed by atoms with van der Waals surface area (Å²) in [6, 6.07) is 9.93. The Bertz CT molecular complexity index is 1130. The number of carbonyl (C=O) groups is 1. The highest BCUT2D eigenvalue weighted by Gasteiger charge is 2.40. The van der Waals surface area contributed by atoms with Gasteiger partial charge in [0, 0.05) is 30.3 Å². The van der Waals surface area contributed by atoms with Gasteiger partial charge >= 0.3 is 0 Å². The van der Waals surface area contributed by atoms with Crippen molar-refractivity contribution in [3.05, 3.63) is 58.8 Å². The predicted octanol–water partition coefficient (Wildman–Crippen LogP) is 5.16. The molecule has 2 atom stereocenters. The minimum atomic E-state index is -1.28. The molecule has 0 unspecified atom stereocenters. The Kier molecular flexibility index (Phi) is 7.89. The molecule has 1 aromatic carbocycles. The van der Waals surface area contributed by atoms with E-state index in [0.29, 0.717) is 18.7 Å². The number of benzene rings is 1. The van der Waals surface area contributed by atoms with Gasteiger partial charge in [-0.15, -0.1) is 0 Å². The third-order valence-electron chi connectivity index (χ3n) is 6.73. The predicted molar refractivity (Wildman–Crippen MR) is 142 cm³/mol. The summed E-state index contributed by atoms with van der Waals surface area (Å²) in [6.07, 6.45) is 8.77. The van der Waals surface area contributed by atoms with Crippen molar-refractivity contribution in [2.24, 2.45) is 0 Å². The lowest BCUT2D eigenvalue weighted by Gasteiger charge is -2.30. The number of nitrogens with one attached hydrogen (secondary N) is 1. The highest BCUT2D eigenvalue weighted by molar-refractivity contribution is 7.84. The number of hydrogen-bond acceptors (Lipinski definition) is 4. The van der Waals surface area contributed by atoms with E-state index < -0.39 is 15.7 Å². The average molecular weight is 496 g/mol. The number of rotatable bonds is 7. The van der Waals surface area contributed by atoms with Crippen LogP contribution in [-0.2, 0) is 17.5 Å². The average Bonchev–Trinajstić information content (AvgIpc) is 3.46. The Balaban J connectivity index is 1.84. The summed E-state index contributed by atoms with van der Waals surface area (Å²) in [7, 11) is -1.28. The van der Waals surface area contributed by atoms with Gasteiger partial charge in [-0.3, -0.25) is 4.79 Å². The Hall–Kier alpha value is -2.35. The molecule has 1 saturated carbocycles. The van der Waals surface area contributed by atoms with Crippen LogP contribution >= 0.6 is 0 Å². The number of fused-ring (bicyclic) bond motifs is 1. The van der Waals surface area contributed by atoms with E-state index in [1.54, 1.807) is 0 Å². The van der Waals surface area contributed by atoms with Crippen molar-refractivity contribution in [2.45, 2.75) is 83.2 Å². The lowest BCUT2D eigenvalue weighted by atomic mass is 9.95. The SMILES string of the molecule is C/C=C/c1cccc(-c2nc(C(=O)NC3CCCC3)cc3c2[C@@H](CCO)N([S@](=O)C(C)(C)C)C3)c1. The van der Waals surface area contributed by atoms with Crippen LogP contribution in [0, 0.1) is 0 Å². The van der Waals surface area contributed by atoms with Gasteiger partial charge in [-0.25, -0.2) is 13.5 Å². The molecule has 1 aliphatic carbocycles. The van der Waals surface area contributed by atoms with Crippen LogP contribution in [0.1, 0.15) is 93.0 Å². The van der Waals surface area contributed by atoms with Crippen LogP contribution in [0.25, 0.3) is 17.3 Å². The van der Waals surface area contributed by atoms with Gasteiger partial charge in [0.25, 0.3) is 5.91 Å². The van der Waals surface area contributed by atoms with Crippen molar-refractivity contribution in [1.82, 2.24) is 14.6 Å². The maximum atomic E-state index is 13.5. The highest BCUT2D eigenvalue weighted by atomic mass is 32.2. The number of allylic oxidation sites excluding steroid dienone is 1. The second kappa shape index (κ2) is 10.7. The zero-order valence-electron chi connectivity index (χ0n) is 21.2. The lowest BCUT2D eigenvalue weighted by Crippen LogP contribution is -2.36. The number of aliphatic hydroxyl groups excluding tert-OH is 1. The molecule has 1 fully saturated rings. The molecule has 0 radical (unpaired) electrons. The first-order chi connectivity index (χ1) is 16.7. The third-order valence-corrected chi connectivity index (χ3v) is 8.59. The largest absolute Gasteiger partial charge is 0.396 e. The van der Waals surface area contributed by atoms with Crippen LogP contribution in [0.3, 0.4) is 0 Å². The van der Waals surface area contributed by atoms with Crippen molar-refractivity contribution in [1.29, 1.82) is 0 Å². The van der Waals surface area contributed by atoms with Crippen molar-refractivity contribution in [3.8, 4) is 11.3 Å². The standard InChI is InChI=1S/C28H37N3O3S/c1-5-9-19-10-8-11-20(16-19)26-25-21(17-23(30-26)27(33)29-22-12-6-7-13-22)18-31(24(25)14-15-32)35(34)28(2,3)4/h5,8-11,16-17,22,24,32H,6-7,12-15,18H2,1-4H3,(H,29,33)/b9-5+/t24-,35-/m1/s1. The fourth-order valence-electron chi connectivity index (χ4n) is 5.12. The smallest absolute Gasteiger partial charge is 0.270 e. The van der Waals surface area contributed by atoms with E-state index >= 15 is 0 Å². The van der Waals surface area contributed by atoms with E-state index in [-0.39, 0.29) is 24.6 Å². The molecule has 35 heavy (non-hydrogen) atoms. The minimum absolute atomic E-state index is 0.0239. The van der Waals surface area contributed by atoms with Crippen molar-refractivity contribution in [3.63, 3.8) is 0 Å². The Morgan fingerprint density at radius 2 is 2.00 bits per heavy atom. The van der Waals surface area contributed by atoms with Gasteiger partial charge < -0.3 is 10.4 Å². The topological polar surface area (TPSA) is 82.5 Å². The zero-order valence-corrected chi connectivity index (χ0v) is 22.0. The first-order valence-electron chi connectivity index (χ1n) is 12.6. The first-order valence-corrected chi connectivity index (χ1v) is 13.7. The molecule has 1 amide bonds. The number of aromatic nitrogens is 1. The summed E-state index contributed by atoms with van der Waals surface area (Å²) in [6.45, 7) is 8.29. The molecular formula is C28H37N3O3S. The van der Waals surface area contributed by atoms with Gasteiger partial charge in [0.15, 0.2) is 0 Å². The lowest BCUT2D eigenvalue weighted by molar-refractivity contribution is 0.0933. The summed E-state index contributed by atoms with van der Waals surface area (Å²) in [5, 5.41) is 13.1. The van der Waals surface area contributed by atoms with Gasteiger partial charge in [0.2, 0.25) is 0 Å². The first kappa shape index (κ1) is 25.7. The van der Waals surface area contributed by atoms with Gasteiger partial charge in [-0.2, -0.15) is 0 Å². The second-order valence-electron chi connectivity index (χ2n) is 10.5. The summed E-state index contributed by atoms with van der Waals surface area (Å²) in [5.74, 6) is -0.153. The number of pyridine rings is 1.